The van der Waals surface area contributed by atoms with Gasteiger partial charge >= 0.3 is 0 Å². The highest BCUT2D eigenvalue weighted by atomic mass is 79.9. The molecule has 5 heteroatoms. The molecule has 2 aliphatic rings. The number of nitrogens with one attached hydrogen (secondary N) is 1. The van der Waals surface area contributed by atoms with Crippen molar-refractivity contribution in [3.8, 4) is 44.5 Å². The van der Waals surface area contributed by atoms with Crippen LogP contribution in [-0.2, 0) is 0 Å². The van der Waals surface area contributed by atoms with Crippen molar-refractivity contribution in [3.05, 3.63) is 105 Å². The van der Waals surface area contributed by atoms with Crippen molar-refractivity contribution in [3.63, 3.8) is 0 Å². The fourth-order valence-electron chi connectivity index (χ4n) is 5.54. The molecule has 0 atom stereocenters. The third-order valence-electron chi connectivity index (χ3n) is 6.89. The van der Waals surface area contributed by atoms with Gasteiger partial charge in [0.05, 0.1) is 11.1 Å². The highest BCUT2D eigenvalue weighted by Crippen LogP contribution is 2.57. The Balaban J connectivity index is 1.74. The monoisotopic (exact) mass is 579 g/mol. The Morgan fingerprint density at radius 3 is 1.34 bits per heavy atom. The van der Waals surface area contributed by atoms with Crippen molar-refractivity contribution in [2.75, 3.05) is 0 Å². The number of rotatable bonds is 2. The summed E-state index contributed by atoms with van der Waals surface area (Å²) in [5.74, 6) is -0.709. The summed E-state index contributed by atoms with van der Waals surface area (Å²) in [5.41, 5.74) is 8.46. The molecule has 0 unspecified atom stereocenters. The summed E-state index contributed by atoms with van der Waals surface area (Å²) in [5, 5.41) is 4.87. The maximum absolute atomic E-state index is 13.3. The second kappa shape index (κ2) is 7.48. The molecule has 0 saturated carbocycles. The zero-order valence-electron chi connectivity index (χ0n) is 18.2. The van der Waals surface area contributed by atoms with Gasteiger partial charge in [0.2, 0.25) is 0 Å². The van der Waals surface area contributed by atoms with Crippen LogP contribution in [0.5, 0.6) is 0 Å². The van der Waals surface area contributed by atoms with E-state index in [9.17, 15) is 9.59 Å². The highest BCUT2D eigenvalue weighted by molar-refractivity contribution is 9.10. The van der Waals surface area contributed by atoms with Crippen molar-refractivity contribution >= 4 is 54.4 Å². The number of fused-ring (bicyclic) bond motifs is 4. The van der Waals surface area contributed by atoms with Gasteiger partial charge in [0, 0.05) is 20.1 Å². The summed E-state index contributed by atoms with van der Waals surface area (Å²) in [6.45, 7) is 0. The maximum atomic E-state index is 13.3. The molecule has 1 heterocycles. The van der Waals surface area contributed by atoms with Crippen LogP contribution in [0, 0.1) is 0 Å². The lowest BCUT2D eigenvalue weighted by molar-refractivity contribution is 0.0880. The SMILES string of the molecule is O=C1NC(=O)c2c1c(-c1ccc(Br)cc1)c1c(c2-c2ccc(Br)cc2)-c2cccc3cccc-1c23. The molecule has 1 N–H and O–H groups in total. The molecule has 5 aromatic carbocycles. The second-order valence-corrected chi connectivity index (χ2v) is 10.6. The first kappa shape index (κ1) is 20.8. The average molecular weight is 581 g/mol. The third kappa shape index (κ3) is 2.89. The van der Waals surface area contributed by atoms with Gasteiger partial charge in [-0.25, -0.2) is 0 Å². The summed E-state index contributed by atoms with van der Waals surface area (Å²) in [6.07, 6.45) is 0. The molecule has 2 amide bonds. The molecule has 0 aromatic heterocycles. The van der Waals surface area contributed by atoms with E-state index in [1.165, 1.54) is 0 Å². The van der Waals surface area contributed by atoms with E-state index in [0.29, 0.717) is 11.1 Å². The molecule has 3 nitrogen and oxygen atoms in total. The lowest BCUT2D eigenvalue weighted by atomic mass is 9.81. The Morgan fingerprint density at radius 1 is 0.486 bits per heavy atom. The number of carbonyl (C=O) groups is 2. The molecule has 0 radical (unpaired) electrons. The lowest BCUT2D eigenvalue weighted by Crippen LogP contribution is -2.20. The molecule has 0 spiro atoms. The van der Waals surface area contributed by atoms with Crippen LogP contribution in [0.3, 0.4) is 0 Å². The number of carbonyl (C=O) groups excluding carboxylic acids is 2. The lowest BCUT2D eigenvalue weighted by Gasteiger charge is -2.20. The Bertz CT molecular complexity index is 1630. The number of hydrogen-bond donors (Lipinski definition) is 1. The smallest absolute Gasteiger partial charge is 0.259 e. The van der Waals surface area contributed by atoms with Gasteiger partial charge in [0.1, 0.15) is 0 Å². The fraction of sp³-hybridized carbons (Fsp3) is 0. The van der Waals surface area contributed by atoms with Crippen LogP contribution in [-0.4, -0.2) is 11.8 Å². The molecular weight excluding hydrogens is 566 g/mol. The zero-order chi connectivity index (χ0) is 23.8. The first-order valence-corrected chi connectivity index (χ1v) is 12.8. The van der Waals surface area contributed by atoms with Crippen molar-refractivity contribution in [2.24, 2.45) is 0 Å². The minimum absolute atomic E-state index is 0.354. The first-order chi connectivity index (χ1) is 17.0. The molecule has 0 saturated heterocycles. The number of hydrogen-bond acceptors (Lipinski definition) is 2. The van der Waals surface area contributed by atoms with Gasteiger partial charge in [0.25, 0.3) is 11.8 Å². The van der Waals surface area contributed by atoms with Gasteiger partial charge in [-0.1, -0.05) is 92.5 Å². The largest absolute Gasteiger partial charge is 0.288 e. The first-order valence-electron chi connectivity index (χ1n) is 11.2. The van der Waals surface area contributed by atoms with Crippen LogP contribution < -0.4 is 5.32 Å². The number of benzene rings is 5. The highest BCUT2D eigenvalue weighted by Gasteiger charge is 2.40. The van der Waals surface area contributed by atoms with Gasteiger partial charge < -0.3 is 0 Å². The van der Waals surface area contributed by atoms with Crippen molar-refractivity contribution in [1.82, 2.24) is 5.32 Å². The predicted molar refractivity (Wildman–Crippen MR) is 146 cm³/mol. The van der Waals surface area contributed by atoms with Gasteiger partial charge in [0.15, 0.2) is 0 Å². The van der Waals surface area contributed by atoms with Gasteiger partial charge in [-0.3, -0.25) is 14.9 Å². The van der Waals surface area contributed by atoms with E-state index in [-0.39, 0.29) is 11.8 Å². The molecule has 0 bridgehead atoms. The summed E-state index contributed by atoms with van der Waals surface area (Å²) >= 11 is 7.04. The van der Waals surface area contributed by atoms with Gasteiger partial charge in [-0.15, -0.1) is 0 Å². The minimum atomic E-state index is -0.354. The summed E-state index contributed by atoms with van der Waals surface area (Å²) in [4.78, 5) is 26.7. The van der Waals surface area contributed by atoms with Crippen molar-refractivity contribution in [2.45, 2.75) is 0 Å². The van der Waals surface area contributed by atoms with Crippen LogP contribution in [0.4, 0.5) is 0 Å². The van der Waals surface area contributed by atoms with E-state index in [1.54, 1.807) is 0 Å². The molecule has 5 aromatic rings. The normalized spacial score (nSPS) is 13.2. The van der Waals surface area contributed by atoms with Crippen LogP contribution in [0.25, 0.3) is 55.3 Å². The zero-order valence-corrected chi connectivity index (χ0v) is 21.3. The van der Waals surface area contributed by atoms with Crippen LogP contribution in [0.15, 0.2) is 93.9 Å². The summed E-state index contributed by atoms with van der Waals surface area (Å²) < 4.78 is 1.90. The molecule has 7 rings (SSSR count). The Hall–Kier alpha value is -3.54. The number of amides is 2. The van der Waals surface area contributed by atoms with Crippen LogP contribution in [0.2, 0.25) is 0 Å². The van der Waals surface area contributed by atoms with E-state index in [1.807, 2.05) is 48.5 Å². The van der Waals surface area contributed by atoms with E-state index >= 15 is 0 Å². The Morgan fingerprint density at radius 2 is 0.914 bits per heavy atom. The van der Waals surface area contributed by atoms with Crippen LogP contribution in [0.1, 0.15) is 20.7 Å². The van der Waals surface area contributed by atoms with E-state index in [2.05, 4.69) is 73.6 Å². The molecule has 1 aliphatic heterocycles. The molecule has 35 heavy (non-hydrogen) atoms. The molecule has 1 aliphatic carbocycles. The summed E-state index contributed by atoms with van der Waals surface area (Å²) in [6, 6.07) is 28.4. The van der Waals surface area contributed by atoms with Crippen LogP contribution >= 0.6 is 31.9 Å². The van der Waals surface area contributed by atoms with E-state index < -0.39 is 0 Å². The maximum Gasteiger partial charge on any atom is 0.259 e. The van der Waals surface area contributed by atoms with Crippen molar-refractivity contribution < 1.29 is 9.59 Å². The van der Waals surface area contributed by atoms with E-state index in [4.69, 9.17) is 0 Å². The molecule has 0 fully saturated rings. The van der Waals surface area contributed by atoms with E-state index in [0.717, 1.165) is 64.2 Å². The number of halogens is 2. The number of imide groups is 1. The van der Waals surface area contributed by atoms with Crippen molar-refractivity contribution in [1.29, 1.82) is 0 Å². The quantitative estimate of drug-likeness (QED) is 0.210. The topological polar surface area (TPSA) is 46.2 Å². The third-order valence-corrected chi connectivity index (χ3v) is 7.95. The van der Waals surface area contributed by atoms with Gasteiger partial charge in [-0.2, -0.15) is 0 Å². The Labute approximate surface area is 218 Å². The standard InChI is InChI=1S/C30H15Br2NO2/c31-18-11-7-16(8-12-18)23-25-20-5-1-3-15-4-2-6-21(22(15)20)26(25)24(17-9-13-19(32)14-10-17)28-27(23)29(34)33-30(28)35/h1-14H,(H,33,34,35). The average Bonchev–Trinajstić information content (AvgIpc) is 3.35. The van der Waals surface area contributed by atoms with Gasteiger partial charge in [-0.05, 0) is 68.4 Å². The molecule has 166 valence electrons. The second-order valence-electron chi connectivity index (χ2n) is 8.76. The predicted octanol–water partition coefficient (Wildman–Crippen LogP) is 8.23. The fourth-order valence-corrected chi connectivity index (χ4v) is 6.07. The molecular formula is C30H15Br2NO2. The minimum Gasteiger partial charge on any atom is -0.288 e. The summed E-state index contributed by atoms with van der Waals surface area (Å²) in [7, 11) is 0. The Kier molecular flexibility index (Phi) is 4.44.